The Hall–Kier alpha value is -1.92. The molecule has 0 aromatic heterocycles. The third kappa shape index (κ3) is 3.44. The summed E-state index contributed by atoms with van der Waals surface area (Å²) in [6, 6.07) is 7.86. The van der Waals surface area contributed by atoms with Crippen molar-refractivity contribution in [2.75, 3.05) is 19.6 Å². The fourth-order valence-corrected chi connectivity index (χ4v) is 5.20. The summed E-state index contributed by atoms with van der Waals surface area (Å²) in [6.07, 6.45) is 3.90. The molecule has 2 saturated heterocycles. The van der Waals surface area contributed by atoms with Crippen LogP contribution in [0.3, 0.4) is 0 Å². The Bertz CT molecular complexity index is 729. The lowest BCUT2D eigenvalue weighted by molar-refractivity contribution is -0.138. The van der Waals surface area contributed by atoms with Crippen LogP contribution in [0.4, 0.5) is 0 Å². The Labute approximate surface area is 167 Å². The number of amides is 2. The van der Waals surface area contributed by atoms with E-state index in [4.69, 9.17) is 0 Å². The molecule has 1 aromatic rings. The number of carbonyl (C=O) groups is 2. The average Bonchev–Trinajstić information content (AvgIpc) is 3.34. The number of nitrogens with zero attached hydrogens (tertiary/aromatic N) is 2. The van der Waals surface area contributed by atoms with Crippen molar-refractivity contribution in [3.63, 3.8) is 0 Å². The molecule has 6 nitrogen and oxygen atoms in total. The predicted octanol–water partition coefficient (Wildman–Crippen LogP) is 2.16. The standard InChI is InChI=1S/C22H32N4O2/c1-3-15-13-23-24-20(15)16-9-11-25(12-10-16)22(28)19(4-2)26-14-17-7-5-6-8-18(17)21(26)27/h5-8,15-16,19-20,23-24H,3-4,9-14H2,1-2H3. The van der Waals surface area contributed by atoms with Gasteiger partial charge in [-0.05, 0) is 42.7 Å². The molecule has 2 amide bonds. The largest absolute Gasteiger partial charge is 0.341 e. The average molecular weight is 385 g/mol. The molecule has 0 radical (unpaired) electrons. The van der Waals surface area contributed by atoms with Gasteiger partial charge < -0.3 is 9.80 Å². The lowest BCUT2D eigenvalue weighted by Gasteiger charge is -2.39. The number of hydrogen-bond acceptors (Lipinski definition) is 4. The number of hydrogen-bond donors (Lipinski definition) is 2. The highest BCUT2D eigenvalue weighted by Crippen LogP contribution is 2.30. The van der Waals surface area contributed by atoms with Gasteiger partial charge in [-0.2, -0.15) is 0 Å². The summed E-state index contributed by atoms with van der Waals surface area (Å²) in [7, 11) is 0. The monoisotopic (exact) mass is 384 g/mol. The van der Waals surface area contributed by atoms with Gasteiger partial charge in [0.1, 0.15) is 6.04 Å². The van der Waals surface area contributed by atoms with Crippen LogP contribution in [0.5, 0.6) is 0 Å². The maximum atomic E-state index is 13.3. The van der Waals surface area contributed by atoms with Crippen molar-refractivity contribution in [2.24, 2.45) is 11.8 Å². The van der Waals surface area contributed by atoms with Gasteiger partial charge in [-0.15, -0.1) is 0 Å². The Kier molecular flexibility index (Phi) is 5.69. The van der Waals surface area contributed by atoms with Crippen LogP contribution in [0.2, 0.25) is 0 Å². The van der Waals surface area contributed by atoms with Gasteiger partial charge in [0.2, 0.25) is 5.91 Å². The quantitative estimate of drug-likeness (QED) is 0.817. The molecule has 2 N–H and O–H groups in total. The number of nitrogens with one attached hydrogen (secondary N) is 2. The molecule has 3 unspecified atom stereocenters. The third-order valence-corrected chi connectivity index (χ3v) is 6.92. The number of fused-ring (bicyclic) bond motifs is 1. The van der Waals surface area contributed by atoms with E-state index in [0.717, 1.165) is 43.6 Å². The lowest BCUT2D eigenvalue weighted by Crippen LogP contribution is -2.52. The van der Waals surface area contributed by atoms with Gasteiger partial charge in [0.15, 0.2) is 0 Å². The minimum absolute atomic E-state index is 0.00213. The molecule has 4 rings (SSSR count). The molecular formula is C22H32N4O2. The summed E-state index contributed by atoms with van der Waals surface area (Å²) in [6.45, 7) is 7.43. The van der Waals surface area contributed by atoms with Gasteiger partial charge in [-0.1, -0.05) is 38.5 Å². The Morgan fingerprint density at radius 3 is 2.64 bits per heavy atom. The summed E-state index contributed by atoms with van der Waals surface area (Å²) in [5, 5.41) is 0. The summed E-state index contributed by atoms with van der Waals surface area (Å²) in [5.41, 5.74) is 8.55. The smallest absolute Gasteiger partial charge is 0.255 e. The topological polar surface area (TPSA) is 64.7 Å². The third-order valence-electron chi connectivity index (χ3n) is 6.92. The van der Waals surface area contributed by atoms with Crippen LogP contribution in [-0.4, -0.2) is 53.3 Å². The molecule has 3 heterocycles. The summed E-state index contributed by atoms with van der Waals surface area (Å²) < 4.78 is 0. The van der Waals surface area contributed by atoms with E-state index in [2.05, 4.69) is 17.8 Å². The maximum Gasteiger partial charge on any atom is 0.255 e. The van der Waals surface area contributed by atoms with Crippen molar-refractivity contribution in [3.05, 3.63) is 35.4 Å². The minimum atomic E-state index is -0.355. The first-order valence-corrected chi connectivity index (χ1v) is 10.8. The molecule has 152 valence electrons. The Morgan fingerprint density at radius 1 is 1.21 bits per heavy atom. The molecule has 3 atom stereocenters. The fourth-order valence-electron chi connectivity index (χ4n) is 5.20. The van der Waals surface area contributed by atoms with E-state index in [0.29, 0.717) is 30.8 Å². The van der Waals surface area contributed by atoms with Crippen LogP contribution in [0, 0.1) is 11.8 Å². The van der Waals surface area contributed by atoms with E-state index in [1.165, 1.54) is 6.42 Å². The molecule has 0 spiro atoms. The highest BCUT2D eigenvalue weighted by molar-refractivity contribution is 6.01. The molecule has 3 aliphatic rings. The van der Waals surface area contributed by atoms with E-state index in [-0.39, 0.29) is 17.9 Å². The maximum absolute atomic E-state index is 13.3. The molecule has 3 aliphatic heterocycles. The number of rotatable bonds is 5. The molecule has 0 bridgehead atoms. The van der Waals surface area contributed by atoms with Crippen molar-refractivity contribution >= 4 is 11.8 Å². The molecule has 0 aliphatic carbocycles. The summed E-state index contributed by atoms with van der Waals surface area (Å²) >= 11 is 0. The Balaban J connectivity index is 1.38. The molecule has 28 heavy (non-hydrogen) atoms. The zero-order valence-corrected chi connectivity index (χ0v) is 17.0. The number of piperidine rings is 1. The number of carbonyl (C=O) groups excluding carboxylic acids is 2. The van der Waals surface area contributed by atoms with Gasteiger partial charge in [-0.3, -0.25) is 20.4 Å². The first-order valence-electron chi connectivity index (χ1n) is 10.8. The zero-order valence-electron chi connectivity index (χ0n) is 17.0. The van der Waals surface area contributed by atoms with Crippen molar-refractivity contribution in [2.45, 2.75) is 58.2 Å². The Morgan fingerprint density at radius 2 is 1.96 bits per heavy atom. The molecular weight excluding hydrogens is 352 g/mol. The van der Waals surface area contributed by atoms with Crippen LogP contribution < -0.4 is 10.9 Å². The van der Waals surface area contributed by atoms with E-state index in [1.54, 1.807) is 4.90 Å². The predicted molar refractivity (Wildman–Crippen MR) is 108 cm³/mol. The van der Waals surface area contributed by atoms with Gasteiger partial charge in [0.25, 0.3) is 5.91 Å². The van der Waals surface area contributed by atoms with Gasteiger partial charge in [0, 0.05) is 37.8 Å². The van der Waals surface area contributed by atoms with E-state index >= 15 is 0 Å². The fraction of sp³-hybridized carbons (Fsp3) is 0.636. The van der Waals surface area contributed by atoms with Crippen LogP contribution >= 0.6 is 0 Å². The second-order valence-electron chi connectivity index (χ2n) is 8.40. The zero-order chi connectivity index (χ0) is 19.7. The van der Waals surface area contributed by atoms with Gasteiger partial charge in [-0.25, -0.2) is 0 Å². The van der Waals surface area contributed by atoms with Crippen LogP contribution in [0.25, 0.3) is 0 Å². The number of benzene rings is 1. The normalized spacial score (nSPS) is 26.6. The van der Waals surface area contributed by atoms with E-state index in [9.17, 15) is 9.59 Å². The number of likely N-dealkylation sites (tertiary alicyclic amines) is 1. The summed E-state index contributed by atoms with van der Waals surface area (Å²) in [5.74, 6) is 1.41. The van der Waals surface area contributed by atoms with Crippen molar-refractivity contribution in [1.82, 2.24) is 20.7 Å². The minimum Gasteiger partial charge on any atom is -0.341 e. The first kappa shape index (κ1) is 19.4. The van der Waals surface area contributed by atoms with Crippen molar-refractivity contribution < 1.29 is 9.59 Å². The molecule has 1 aromatic carbocycles. The van der Waals surface area contributed by atoms with Crippen LogP contribution in [0.15, 0.2) is 24.3 Å². The van der Waals surface area contributed by atoms with E-state index < -0.39 is 0 Å². The van der Waals surface area contributed by atoms with Crippen LogP contribution in [-0.2, 0) is 11.3 Å². The van der Waals surface area contributed by atoms with Gasteiger partial charge in [0.05, 0.1) is 0 Å². The lowest BCUT2D eigenvalue weighted by atomic mass is 9.82. The second-order valence-corrected chi connectivity index (χ2v) is 8.40. The van der Waals surface area contributed by atoms with Gasteiger partial charge >= 0.3 is 0 Å². The molecule has 2 fully saturated rings. The SMILES string of the molecule is CCC1CNNC1C1CCN(C(=O)C(CC)N2Cc3ccccc3C2=O)CC1. The van der Waals surface area contributed by atoms with Crippen molar-refractivity contribution in [1.29, 1.82) is 0 Å². The molecule has 0 saturated carbocycles. The molecule has 6 heteroatoms. The highest BCUT2D eigenvalue weighted by Gasteiger charge is 2.39. The van der Waals surface area contributed by atoms with Crippen molar-refractivity contribution in [3.8, 4) is 0 Å². The van der Waals surface area contributed by atoms with E-state index in [1.807, 2.05) is 36.1 Å². The highest BCUT2D eigenvalue weighted by atomic mass is 16.2. The summed E-state index contributed by atoms with van der Waals surface area (Å²) in [4.78, 5) is 29.8. The van der Waals surface area contributed by atoms with Crippen LogP contribution in [0.1, 0.15) is 55.5 Å². The first-order chi connectivity index (χ1) is 13.6. The second kappa shape index (κ2) is 8.21. The number of hydrazine groups is 1.